The molecule has 0 bridgehead atoms. The topological polar surface area (TPSA) is 77.1 Å². The number of carbonyl (C=O) groups is 2. The summed E-state index contributed by atoms with van der Waals surface area (Å²) >= 11 is 0. The molecule has 2 amide bonds. The van der Waals surface area contributed by atoms with Gasteiger partial charge < -0.3 is 24.4 Å². The average Bonchev–Trinajstić information content (AvgIpc) is 2.98. The van der Waals surface area contributed by atoms with Crippen molar-refractivity contribution < 1.29 is 23.8 Å². The Labute approximate surface area is 140 Å². The van der Waals surface area contributed by atoms with E-state index in [-0.39, 0.29) is 18.5 Å². The summed E-state index contributed by atoms with van der Waals surface area (Å²) in [6.07, 6.45) is 2.08. The molecule has 3 rings (SSSR count). The molecule has 0 saturated carbocycles. The van der Waals surface area contributed by atoms with Gasteiger partial charge in [0, 0.05) is 13.0 Å². The third-order valence-electron chi connectivity index (χ3n) is 4.30. The highest BCUT2D eigenvalue weighted by Gasteiger charge is 2.30. The van der Waals surface area contributed by atoms with Crippen LogP contribution >= 0.6 is 0 Å². The lowest BCUT2D eigenvalue weighted by Crippen LogP contribution is -2.39. The number of hydrogen-bond donors (Lipinski definition) is 1. The van der Waals surface area contributed by atoms with E-state index in [0.717, 1.165) is 36.3 Å². The van der Waals surface area contributed by atoms with Crippen molar-refractivity contribution in [2.45, 2.75) is 25.3 Å². The van der Waals surface area contributed by atoms with Gasteiger partial charge in [0.05, 0.1) is 26.4 Å². The first-order valence-corrected chi connectivity index (χ1v) is 8.20. The summed E-state index contributed by atoms with van der Waals surface area (Å²) in [5.74, 6) is 1.37. The Bertz CT molecular complexity index is 619. The Hall–Kier alpha value is -2.44. The molecule has 7 heteroatoms. The molecule has 1 aromatic carbocycles. The number of carbonyl (C=O) groups excluding carboxylic acids is 2. The minimum absolute atomic E-state index is 0.00546. The van der Waals surface area contributed by atoms with Gasteiger partial charge in [-0.05, 0) is 30.5 Å². The van der Waals surface area contributed by atoms with E-state index in [1.807, 2.05) is 18.2 Å². The van der Waals surface area contributed by atoms with Gasteiger partial charge in [-0.15, -0.1) is 0 Å². The van der Waals surface area contributed by atoms with Gasteiger partial charge in [-0.2, -0.15) is 0 Å². The summed E-state index contributed by atoms with van der Waals surface area (Å²) in [5.41, 5.74) is 1.03. The van der Waals surface area contributed by atoms with Crippen LogP contribution in [0.15, 0.2) is 18.2 Å². The van der Waals surface area contributed by atoms with Crippen LogP contribution in [-0.2, 0) is 9.53 Å². The minimum atomic E-state index is -0.602. The number of alkyl carbamates (subject to hydrolysis) is 1. The second-order valence-corrected chi connectivity index (χ2v) is 5.85. The van der Waals surface area contributed by atoms with E-state index in [1.54, 1.807) is 4.90 Å². The van der Waals surface area contributed by atoms with Crippen LogP contribution in [0.4, 0.5) is 4.79 Å². The molecule has 7 nitrogen and oxygen atoms in total. The smallest absolute Gasteiger partial charge is 0.407 e. The van der Waals surface area contributed by atoms with E-state index in [4.69, 9.17) is 9.47 Å². The lowest BCUT2D eigenvalue weighted by Gasteiger charge is -2.25. The fourth-order valence-electron chi connectivity index (χ4n) is 3.12. The standard InChI is InChI=1S/C17H22N2O5/c1-22-17(21)18-11-16(20)19-7-2-4-13(19)12-5-6-14-15(10-12)24-9-3-8-23-14/h5-6,10,13H,2-4,7-9,11H2,1H3,(H,18,21)/t13-/m0/s1. The first kappa shape index (κ1) is 16.4. The highest BCUT2D eigenvalue weighted by Crippen LogP contribution is 2.37. The highest BCUT2D eigenvalue weighted by molar-refractivity contribution is 5.82. The summed E-state index contributed by atoms with van der Waals surface area (Å²) < 4.78 is 15.9. The van der Waals surface area contributed by atoms with Crippen molar-refractivity contribution >= 4 is 12.0 Å². The van der Waals surface area contributed by atoms with Crippen LogP contribution < -0.4 is 14.8 Å². The molecule has 1 fully saturated rings. The Balaban J connectivity index is 1.72. The summed E-state index contributed by atoms with van der Waals surface area (Å²) in [6, 6.07) is 5.85. The molecule has 130 valence electrons. The molecule has 0 aromatic heterocycles. The van der Waals surface area contributed by atoms with E-state index >= 15 is 0 Å². The Morgan fingerprint density at radius 1 is 1.25 bits per heavy atom. The van der Waals surface area contributed by atoms with Crippen LogP contribution in [-0.4, -0.2) is 50.3 Å². The van der Waals surface area contributed by atoms with Crippen LogP contribution in [0.1, 0.15) is 30.9 Å². The highest BCUT2D eigenvalue weighted by atomic mass is 16.5. The molecule has 0 aliphatic carbocycles. The molecule has 1 N–H and O–H groups in total. The lowest BCUT2D eigenvalue weighted by molar-refractivity contribution is -0.131. The predicted octanol–water partition coefficient (Wildman–Crippen LogP) is 1.87. The number of benzene rings is 1. The van der Waals surface area contributed by atoms with Gasteiger partial charge in [0.25, 0.3) is 0 Å². The molecule has 0 unspecified atom stereocenters. The van der Waals surface area contributed by atoms with E-state index in [0.29, 0.717) is 19.8 Å². The first-order valence-electron chi connectivity index (χ1n) is 8.20. The van der Waals surface area contributed by atoms with Gasteiger partial charge in [-0.3, -0.25) is 4.79 Å². The predicted molar refractivity (Wildman–Crippen MR) is 86.1 cm³/mol. The number of methoxy groups -OCH3 is 1. The van der Waals surface area contributed by atoms with Gasteiger partial charge in [-0.25, -0.2) is 4.79 Å². The van der Waals surface area contributed by atoms with Crippen LogP contribution in [0.3, 0.4) is 0 Å². The zero-order valence-electron chi connectivity index (χ0n) is 13.7. The summed E-state index contributed by atoms with van der Waals surface area (Å²) in [5, 5.41) is 2.44. The van der Waals surface area contributed by atoms with Crippen LogP contribution in [0.2, 0.25) is 0 Å². The normalized spacial score (nSPS) is 19.5. The fourth-order valence-corrected chi connectivity index (χ4v) is 3.12. The number of ether oxygens (including phenoxy) is 3. The fraction of sp³-hybridized carbons (Fsp3) is 0.529. The number of amides is 2. The largest absolute Gasteiger partial charge is 0.490 e. The molecule has 0 spiro atoms. The van der Waals surface area contributed by atoms with Gasteiger partial charge in [0.2, 0.25) is 5.91 Å². The van der Waals surface area contributed by atoms with Crippen molar-refractivity contribution in [2.75, 3.05) is 33.4 Å². The molecule has 1 aromatic rings. The van der Waals surface area contributed by atoms with Crippen LogP contribution in [0.25, 0.3) is 0 Å². The van der Waals surface area contributed by atoms with Gasteiger partial charge in [-0.1, -0.05) is 6.07 Å². The first-order chi connectivity index (χ1) is 11.7. The number of likely N-dealkylation sites (tertiary alicyclic amines) is 1. The molecule has 1 saturated heterocycles. The zero-order chi connectivity index (χ0) is 16.9. The Morgan fingerprint density at radius 2 is 2.04 bits per heavy atom. The number of nitrogens with one attached hydrogen (secondary N) is 1. The number of fused-ring (bicyclic) bond motifs is 1. The van der Waals surface area contributed by atoms with Gasteiger partial charge in [0.15, 0.2) is 11.5 Å². The molecule has 24 heavy (non-hydrogen) atoms. The molecule has 2 aliphatic rings. The van der Waals surface area contributed by atoms with Crippen LogP contribution in [0.5, 0.6) is 11.5 Å². The van der Waals surface area contributed by atoms with Crippen LogP contribution in [0, 0.1) is 0 Å². The zero-order valence-corrected chi connectivity index (χ0v) is 13.7. The number of nitrogens with zero attached hydrogens (tertiary/aromatic N) is 1. The molecule has 1 atom stereocenters. The third kappa shape index (κ3) is 3.55. The molecule has 0 radical (unpaired) electrons. The maximum absolute atomic E-state index is 12.4. The van der Waals surface area contributed by atoms with Crippen molar-refractivity contribution in [1.29, 1.82) is 0 Å². The minimum Gasteiger partial charge on any atom is -0.490 e. The summed E-state index contributed by atoms with van der Waals surface area (Å²) in [7, 11) is 1.27. The Kier molecular flexibility index (Phi) is 5.08. The molecular formula is C17H22N2O5. The van der Waals surface area contributed by atoms with Crippen molar-refractivity contribution in [3.63, 3.8) is 0 Å². The molecule has 2 aliphatic heterocycles. The number of hydrogen-bond acceptors (Lipinski definition) is 5. The maximum atomic E-state index is 12.4. The van der Waals surface area contributed by atoms with Crippen molar-refractivity contribution in [1.82, 2.24) is 10.2 Å². The second kappa shape index (κ2) is 7.42. The van der Waals surface area contributed by atoms with Gasteiger partial charge >= 0.3 is 6.09 Å². The average molecular weight is 334 g/mol. The third-order valence-corrected chi connectivity index (χ3v) is 4.30. The van der Waals surface area contributed by atoms with E-state index in [2.05, 4.69) is 10.1 Å². The number of rotatable bonds is 3. The summed E-state index contributed by atoms with van der Waals surface area (Å²) in [4.78, 5) is 25.3. The quantitative estimate of drug-likeness (QED) is 0.913. The van der Waals surface area contributed by atoms with Crippen molar-refractivity contribution in [3.05, 3.63) is 23.8 Å². The second-order valence-electron chi connectivity index (χ2n) is 5.85. The van der Waals surface area contributed by atoms with E-state index in [9.17, 15) is 9.59 Å². The summed E-state index contributed by atoms with van der Waals surface area (Å²) in [6.45, 7) is 1.90. The van der Waals surface area contributed by atoms with E-state index < -0.39 is 6.09 Å². The monoisotopic (exact) mass is 334 g/mol. The molecule has 2 heterocycles. The van der Waals surface area contributed by atoms with Crippen molar-refractivity contribution in [3.8, 4) is 11.5 Å². The van der Waals surface area contributed by atoms with Gasteiger partial charge in [0.1, 0.15) is 6.54 Å². The maximum Gasteiger partial charge on any atom is 0.407 e. The Morgan fingerprint density at radius 3 is 2.83 bits per heavy atom. The van der Waals surface area contributed by atoms with E-state index in [1.165, 1.54) is 7.11 Å². The van der Waals surface area contributed by atoms with Crippen molar-refractivity contribution in [2.24, 2.45) is 0 Å². The molecular weight excluding hydrogens is 312 g/mol. The SMILES string of the molecule is COC(=O)NCC(=O)N1CCC[C@H]1c1ccc2c(c1)OCCCO2. The lowest BCUT2D eigenvalue weighted by atomic mass is 10.0.